The third-order valence-electron chi connectivity index (χ3n) is 5.62. The van der Waals surface area contributed by atoms with Gasteiger partial charge in [-0.3, -0.25) is 19.4 Å². The smallest absolute Gasteiger partial charge is 0.268 e. The van der Waals surface area contributed by atoms with Gasteiger partial charge in [-0.25, -0.2) is 8.78 Å². The molecule has 1 fully saturated rings. The summed E-state index contributed by atoms with van der Waals surface area (Å²) in [6.07, 6.45) is 1.89. The zero-order chi connectivity index (χ0) is 24.9. The molecule has 0 bridgehead atoms. The van der Waals surface area contributed by atoms with E-state index in [2.05, 4.69) is 15.6 Å². The van der Waals surface area contributed by atoms with E-state index in [1.54, 1.807) is 31.2 Å². The van der Waals surface area contributed by atoms with E-state index in [-0.39, 0.29) is 17.7 Å². The second-order valence-electron chi connectivity index (χ2n) is 7.80. The van der Waals surface area contributed by atoms with Crippen LogP contribution in [0.5, 0.6) is 5.75 Å². The van der Waals surface area contributed by atoms with Crippen LogP contribution < -0.4 is 15.4 Å². The number of benzene rings is 1. The molecule has 11 heteroatoms. The molecular formula is C23H23F2N5O4. The van der Waals surface area contributed by atoms with Crippen molar-refractivity contribution in [2.45, 2.75) is 31.2 Å². The van der Waals surface area contributed by atoms with Gasteiger partial charge in [0.05, 0.1) is 43.7 Å². The highest BCUT2D eigenvalue weighted by atomic mass is 19.3. The van der Waals surface area contributed by atoms with Gasteiger partial charge < -0.3 is 20.3 Å². The number of nitrogens with one attached hydrogen (secondary N) is 2. The molecule has 2 aromatic rings. The van der Waals surface area contributed by atoms with E-state index in [0.29, 0.717) is 11.3 Å². The van der Waals surface area contributed by atoms with Gasteiger partial charge in [-0.05, 0) is 36.8 Å². The molecule has 1 aliphatic heterocycles. The number of methoxy groups -OCH3 is 1. The van der Waals surface area contributed by atoms with Crippen LogP contribution in [0.2, 0.25) is 0 Å². The monoisotopic (exact) mass is 471 g/mol. The summed E-state index contributed by atoms with van der Waals surface area (Å²) in [5.41, 5.74) is -1.19. The number of carbonyl (C=O) groups is 3. The number of anilines is 1. The van der Waals surface area contributed by atoms with Gasteiger partial charge in [-0.1, -0.05) is 6.92 Å². The lowest BCUT2D eigenvalue weighted by Gasteiger charge is -2.30. The molecule has 34 heavy (non-hydrogen) atoms. The number of halogens is 2. The fourth-order valence-electron chi connectivity index (χ4n) is 3.76. The summed E-state index contributed by atoms with van der Waals surface area (Å²) in [5.74, 6) is -4.63. The van der Waals surface area contributed by atoms with Crippen LogP contribution in [0.15, 0.2) is 42.7 Å². The van der Waals surface area contributed by atoms with Crippen molar-refractivity contribution >= 4 is 23.4 Å². The van der Waals surface area contributed by atoms with Gasteiger partial charge in [0.25, 0.3) is 17.7 Å². The summed E-state index contributed by atoms with van der Waals surface area (Å²) in [6.45, 7) is 0.0757. The van der Waals surface area contributed by atoms with E-state index in [0.717, 1.165) is 4.90 Å². The molecule has 2 heterocycles. The number of rotatable bonds is 7. The summed E-state index contributed by atoms with van der Waals surface area (Å²) >= 11 is 0. The molecule has 0 saturated carbocycles. The van der Waals surface area contributed by atoms with Crippen molar-refractivity contribution in [3.63, 3.8) is 0 Å². The molecule has 3 amide bonds. The number of alkyl halides is 2. The average molecular weight is 471 g/mol. The van der Waals surface area contributed by atoms with Crippen molar-refractivity contribution < 1.29 is 27.9 Å². The molecule has 9 nitrogen and oxygen atoms in total. The average Bonchev–Trinajstić information content (AvgIpc) is 3.13. The van der Waals surface area contributed by atoms with E-state index in [1.165, 1.54) is 25.6 Å². The molecule has 3 rings (SSSR count). The minimum absolute atomic E-state index is 0.0263. The molecule has 1 aliphatic rings. The quantitative estimate of drug-likeness (QED) is 0.640. The van der Waals surface area contributed by atoms with E-state index in [9.17, 15) is 28.4 Å². The first-order chi connectivity index (χ1) is 16.1. The third kappa shape index (κ3) is 5.11. The number of nitrogens with zero attached hydrogens (tertiary/aromatic N) is 3. The Bertz CT molecular complexity index is 1130. The molecule has 178 valence electrons. The van der Waals surface area contributed by atoms with Crippen LogP contribution in [0.3, 0.4) is 0 Å². The van der Waals surface area contributed by atoms with Crippen LogP contribution in [0.4, 0.5) is 14.5 Å². The fraction of sp³-hybridized carbons (Fsp3) is 0.348. The lowest BCUT2D eigenvalue weighted by atomic mass is 9.94. The fourth-order valence-corrected chi connectivity index (χ4v) is 3.76. The zero-order valence-electron chi connectivity index (χ0n) is 18.6. The number of likely N-dealkylation sites (tertiary alicyclic amines) is 1. The minimum atomic E-state index is -3.19. The summed E-state index contributed by atoms with van der Waals surface area (Å²) < 4.78 is 33.0. The van der Waals surface area contributed by atoms with Crippen LogP contribution in [-0.2, 0) is 4.79 Å². The maximum absolute atomic E-state index is 14.0. The molecule has 0 aliphatic carbocycles. The Morgan fingerprint density at radius 1 is 1.21 bits per heavy atom. The number of hydrogen-bond acceptors (Lipinski definition) is 6. The van der Waals surface area contributed by atoms with Crippen LogP contribution in [-0.4, -0.2) is 59.3 Å². The van der Waals surface area contributed by atoms with Gasteiger partial charge in [0.1, 0.15) is 11.3 Å². The Morgan fingerprint density at radius 2 is 1.91 bits per heavy atom. The van der Waals surface area contributed by atoms with Crippen molar-refractivity contribution in [2.75, 3.05) is 25.5 Å². The lowest BCUT2D eigenvalue weighted by Crippen LogP contribution is -2.49. The van der Waals surface area contributed by atoms with Gasteiger partial charge in [0, 0.05) is 18.2 Å². The number of nitriles is 1. The van der Waals surface area contributed by atoms with E-state index >= 15 is 0 Å². The van der Waals surface area contributed by atoms with Crippen molar-refractivity contribution in [1.29, 1.82) is 5.26 Å². The van der Waals surface area contributed by atoms with Crippen LogP contribution in [0.1, 0.15) is 40.5 Å². The number of hydrogen-bond donors (Lipinski definition) is 2. The Hall–Kier alpha value is -4.07. The molecular weight excluding hydrogens is 448 g/mol. The molecule has 1 unspecified atom stereocenters. The summed E-state index contributed by atoms with van der Waals surface area (Å²) in [6, 6.07) is 9.49. The number of aromatic nitrogens is 1. The number of carbonyl (C=O) groups excluding carboxylic acids is 3. The zero-order valence-corrected chi connectivity index (χ0v) is 18.6. The molecule has 0 radical (unpaired) electrons. The van der Waals surface area contributed by atoms with Gasteiger partial charge in [-0.2, -0.15) is 5.26 Å². The SMILES string of the molecule is CCC1(C#N)CC(F)(F)CN1C(=O)CNC(=O)c1ccncc1NC(=O)c1ccc(OC)cc1. The van der Waals surface area contributed by atoms with Gasteiger partial charge in [0.15, 0.2) is 0 Å². The van der Waals surface area contributed by atoms with E-state index in [1.807, 2.05) is 6.07 Å². The highest BCUT2D eigenvalue weighted by Gasteiger charge is 2.56. The molecule has 2 N–H and O–H groups in total. The highest BCUT2D eigenvalue weighted by molar-refractivity contribution is 6.09. The second-order valence-corrected chi connectivity index (χ2v) is 7.80. The van der Waals surface area contributed by atoms with Gasteiger partial charge >= 0.3 is 0 Å². The molecule has 1 atom stereocenters. The highest BCUT2D eigenvalue weighted by Crippen LogP contribution is 2.41. The van der Waals surface area contributed by atoms with Crippen LogP contribution >= 0.6 is 0 Å². The van der Waals surface area contributed by atoms with Crippen LogP contribution in [0, 0.1) is 11.3 Å². The molecule has 1 aromatic carbocycles. The molecule has 0 spiro atoms. The Labute approximate surface area is 194 Å². The summed E-state index contributed by atoms with van der Waals surface area (Å²) in [5, 5.41) is 14.4. The van der Waals surface area contributed by atoms with Crippen molar-refractivity contribution in [2.24, 2.45) is 0 Å². The second kappa shape index (κ2) is 9.82. The van der Waals surface area contributed by atoms with Gasteiger partial charge in [0.2, 0.25) is 5.91 Å². The van der Waals surface area contributed by atoms with E-state index < -0.39 is 48.7 Å². The minimum Gasteiger partial charge on any atom is -0.497 e. The first-order valence-corrected chi connectivity index (χ1v) is 10.4. The standard InChI is InChI=1S/C23H23F2N5O4/c1-3-22(13-26)12-23(24,25)14-30(22)19(31)11-28-21(33)17-8-9-27-10-18(17)29-20(32)15-4-6-16(34-2)7-5-15/h4-10H,3,11-12,14H2,1-2H3,(H,28,33)(H,29,32). The Balaban J connectivity index is 1.69. The van der Waals surface area contributed by atoms with Gasteiger partial charge in [-0.15, -0.1) is 0 Å². The van der Waals surface area contributed by atoms with Crippen molar-refractivity contribution in [1.82, 2.24) is 15.2 Å². The number of pyridine rings is 1. The maximum Gasteiger partial charge on any atom is 0.268 e. The summed E-state index contributed by atoms with van der Waals surface area (Å²) in [7, 11) is 1.50. The first-order valence-electron chi connectivity index (χ1n) is 10.4. The predicted octanol–water partition coefficient (Wildman–Crippen LogP) is 2.61. The molecule has 1 aromatic heterocycles. The van der Waals surface area contributed by atoms with Crippen molar-refractivity contribution in [3.05, 3.63) is 53.9 Å². The Kier molecular flexibility index (Phi) is 7.10. The molecule has 1 saturated heterocycles. The third-order valence-corrected chi connectivity index (χ3v) is 5.62. The summed E-state index contributed by atoms with van der Waals surface area (Å²) in [4.78, 5) is 42.6. The predicted molar refractivity (Wildman–Crippen MR) is 117 cm³/mol. The topological polar surface area (TPSA) is 124 Å². The van der Waals surface area contributed by atoms with E-state index in [4.69, 9.17) is 4.74 Å². The first kappa shape index (κ1) is 24.6. The number of amides is 3. The number of ether oxygens (including phenoxy) is 1. The Morgan fingerprint density at radius 3 is 2.53 bits per heavy atom. The van der Waals surface area contributed by atoms with Crippen molar-refractivity contribution in [3.8, 4) is 11.8 Å². The normalized spacial score (nSPS) is 18.6. The van der Waals surface area contributed by atoms with Crippen LogP contribution in [0.25, 0.3) is 0 Å². The lowest BCUT2D eigenvalue weighted by molar-refractivity contribution is -0.133. The maximum atomic E-state index is 14.0. The largest absolute Gasteiger partial charge is 0.497 e.